The Bertz CT molecular complexity index is 135. The van der Waals surface area contributed by atoms with E-state index in [4.69, 9.17) is 0 Å². The second-order valence-corrected chi connectivity index (χ2v) is 3.55. The van der Waals surface area contributed by atoms with E-state index >= 15 is 0 Å². The summed E-state index contributed by atoms with van der Waals surface area (Å²) in [5.74, 6) is -4.68. The van der Waals surface area contributed by atoms with Gasteiger partial charge in [-0.05, 0) is 12.8 Å². The van der Waals surface area contributed by atoms with Crippen LogP contribution in [-0.2, 0) is 0 Å². The van der Waals surface area contributed by atoms with E-state index in [9.17, 15) is 20.4 Å². The van der Waals surface area contributed by atoms with Crippen molar-refractivity contribution in [1.82, 2.24) is 0 Å². The van der Waals surface area contributed by atoms with Gasteiger partial charge in [0.15, 0.2) is 0 Å². The highest BCUT2D eigenvalue weighted by atomic mass is 16.6. The van der Waals surface area contributed by atoms with Crippen molar-refractivity contribution < 1.29 is 20.4 Å². The molecule has 0 unspecified atom stereocenters. The van der Waals surface area contributed by atoms with E-state index in [1.54, 1.807) is 0 Å². The van der Waals surface area contributed by atoms with E-state index < -0.39 is 11.6 Å². The van der Waals surface area contributed by atoms with Crippen LogP contribution < -0.4 is 0 Å². The second kappa shape index (κ2) is 3.30. The largest absolute Gasteiger partial charge is 0.361 e. The van der Waals surface area contributed by atoms with Gasteiger partial charge in [-0.15, -0.1) is 0 Å². The van der Waals surface area contributed by atoms with Crippen LogP contribution in [0.4, 0.5) is 0 Å². The summed E-state index contributed by atoms with van der Waals surface area (Å²) >= 11 is 0. The number of hydrogen-bond donors (Lipinski definition) is 4. The van der Waals surface area contributed by atoms with Crippen LogP contribution in [0, 0.1) is 0 Å². The van der Waals surface area contributed by atoms with Crippen LogP contribution in [0.1, 0.15) is 38.5 Å². The molecule has 0 bridgehead atoms. The molecule has 0 atom stereocenters. The topological polar surface area (TPSA) is 80.9 Å². The van der Waals surface area contributed by atoms with Gasteiger partial charge in [-0.2, -0.15) is 0 Å². The molecule has 4 N–H and O–H groups in total. The van der Waals surface area contributed by atoms with Gasteiger partial charge >= 0.3 is 0 Å². The fraction of sp³-hybridized carbons (Fsp3) is 1.00. The maximum absolute atomic E-state index is 9.26. The van der Waals surface area contributed by atoms with Gasteiger partial charge in [-0.3, -0.25) is 0 Å². The van der Waals surface area contributed by atoms with Crippen molar-refractivity contribution in [3.63, 3.8) is 0 Å². The third-order valence-corrected chi connectivity index (χ3v) is 2.44. The van der Waals surface area contributed by atoms with Crippen LogP contribution in [0.25, 0.3) is 0 Å². The molecular formula is C8H16O4. The molecule has 0 radical (unpaired) electrons. The van der Waals surface area contributed by atoms with Gasteiger partial charge in [0.1, 0.15) is 0 Å². The average Bonchev–Trinajstić information content (AvgIpc) is 1.94. The van der Waals surface area contributed by atoms with E-state index in [2.05, 4.69) is 0 Å². The zero-order valence-electron chi connectivity index (χ0n) is 7.03. The van der Waals surface area contributed by atoms with E-state index in [0.717, 1.165) is 12.8 Å². The molecule has 1 aliphatic rings. The first-order chi connectivity index (χ1) is 5.46. The molecular weight excluding hydrogens is 160 g/mol. The van der Waals surface area contributed by atoms with Gasteiger partial charge in [0.2, 0.25) is 11.6 Å². The summed E-state index contributed by atoms with van der Waals surface area (Å²) < 4.78 is 0. The Labute approximate surface area is 71.5 Å². The molecule has 1 aliphatic carbocycles. The highest BCUT2D eigenvalue weighted by Gasteiger charge is 2.46. The molecule has 0 aromatic heterocycles. The molecule has 0 saturated heterocycles. The normalized spacial score (nSPS) is 29.0. The summed E-state index contributed by atoms with van der Waals surface area (Å²) in [6, 6.07) is 0. The molecule has 0 aliphatic heterocycles. The molecule has 0 heterocycles. The van der Waals surface area contributed by atoms with Crippen LogP contribution in [0.5, 0.6) is 0 Å². The highest BCUT2D eigenvalue weighted by molar-refractivity contribution is 4.83. The molecule has 72 valence electrons. The fourth-order valence-electron chi connectivity index (χ4n) is 1.50. The van der Waals surface area contributed by atoms with E-state index in [-0.39, 0.29) is 12.8 Å². The lowest BCUT2D eigenvalue weighted by atomic mass is 9.90. The number of aliphatic hydroxyl groups is 4. The van der Waals surface area contributed by atoms with Crippen molar-refractivity contribution in [2.45, 2.75) is 50.1 Å². The summed E-state index contributed by atoms with van der Waals surface area (Å²) in [5, 5.41) is 37.1. The summed E-state index contributed by atoms with van der Waals surface area (Å²) in [6.45, 7) is 0. The third kappa shape index (κ3) is 1.95. The van der Waals surface area contributed by atoms with Gasteiger partial charge < -0.3 is 20.4 Å². The smallest absolute Gasteiger partial charge is 0.218 e. The maximum Gasteiger partial charge on any atom is 0.218 e. The van der Waals surface area contributed by atoms with Gasteiger partial charge in [0.05, 0.1) is 0 Å². The zero-order valence-corrected chi connectivity index (χ0v) is 7.03. The van der Waals surface area contributed by atoms with Crippen molar-refractivity contribution in [1.29, 1.82) is 0 Å². The first-order valence-corrected chi connectivity index (χ1v) is 4.35. The van der Waals surface area contributed by atoms with E-state index in [1.807, 2.05) is 0 Å². The van der Waals surface area contributed by atoms with Gasteiger partial charge in [-0.1, -0.05) is 12.8 Å². The molecule has 0 aromatic carbocycles. The predicted molar refractivity (Wildman–Crippen MR) is 42.0 cm³/mol. The van der Waals surface area contributed by atoms with Crippen LogP contribution in [-0.4, -0.2) is 32.0 Å². The molecule has 4 heteroatoms. The van der Waals surface area contributed by atoms with Crippen molar-refractivity contribution in [2.75, 3.05) is 0 Å². The molecule has 1 saturated carbocycles. The Morgan fingerprint density at radius 3 is 1.25 bits per heavy atom. The molecule has 4 nitrogen and oxygen atoms in total. The average molecular weight is 176 g/mol. The van der Waals surface area contributed by atoms with Crippen molar-refractivity contribution in [3.8, 4) is 0 Å². The number of hydrogen-bond acceptors (Lipinski definition) is 4. The monoisotopic (exact) mass is 176 g/mol. The van der Waals surface area contributed by atoms with Gasteiger partial charge in [0.25, 0.3) is 0 Å². The second-order valence-electron chi connectivity index (χ2n) is 3.55. The Morgan fingerprint density at radius 2 is 0.917 bits per heavy atom. The summed E-state index contributed by atoms with van der Waals surface area (Å²) in [6.07, 6.45) is 3.13. The van der Waals surface area contributed by atoms with Gasteiger partial charge in [-0.25, -0.2) is 0 Å². The number of rotatable bonds is 0. The van der Waals surface area contributed by atoms with Crippen LogP contribution in [0.2, 0.25) is 0 Å². The van der Waals surface area contributed by atoms with E-state index in [0.29, 0.717) is 12.8 Å². The zero-order chi connectivity index (χ0) is 9.24. The minimum Gasteiger partial charge on any atom is -0.361 e. The fourth-order valence-corrected chi connectivity index (χ4v) is 1.50. The Kier molecular flexibility index (Phi) is 2.73. The minimum atomic E-state index is -2.34. The molecule has 0 spiro atoms. The maximum atomic E-state index is 9.26. The molecule has 12 heavy (non-hydrogen) atoms. The molecule has 0 aromatic rings. The molecule has 0 amide bonds. The summed E-state index contributed by atoms with van der Waals surface area (Å²) in [7, 11) is 0. The van der Waals surface area contributed by atoms with Crippen LogP contribution >= 0.6 is 0 Å². The highest BCUT2D eigenvalue weighted by Crippen LogP contribution is 2.30. The van der Waals surface area contributed by atoms with Crippen LogP contribution in [0.3, 0.4) is 0 Å². The Balaban J connectivity index is 2.66. The van der Waals surface area contributed by atoms with Crippen molar-refractivity contribution in [2.24, 2.45) is 0 Å². The predicted octanol–water partition coefficient (Wildman–Crippen LogP) is -0.298. The standard InChI is InChI=1S/C8H16O4/c9-7(10)5-3-1-2-4-6-8(7,11)12/h9-12H,1-6H2. The lowest BCUT2D eigenvalue weighted by Crippen LogP contribution is -2.54. The van der Waals surface area contributed by atoms with E-state index in [1.165, 1.54) is 0 Å². The van der Waals surface area contributed by atoms with Crippen LogP contribution in [0.15, 0.2) is 0 Å². The van der Waals surface area contributed by atoms with Crippen molar-refractivity contribution >= 4 is 0 Å². The molecule has 1 rings (SSSR count). The lowest BCUT2D eigenvalue weighted by Gasteiger charge is -2.36. The lowest BCUT2D eigenvalue weighted by molar-refractivity contribution is -0.363. The minimum absolute atomic E-state index is 0.0278. The first-order valence-electron chi connectivity index (χ1n) is 4.35. The Hall–Kier alpha value is -0.160. The molecule has 1 fully saturated rings. The van der Waals surface area contributed by atoms with Gasteiger partial charge in [0, 0.05) is 12.8 Å². The third-order valence-electron chi connectivity index (χ3n) is 2.44. The first kappa shape index (κ1) is 9.92. The van der Waals surface area contributed by atoms with Crippen molar-refractivity contribution in [3.05, 3.63) is 0 Å². The Morgan fingerprint density at radius 1 is 0.583 bits per heavy atom. The SMILES string of the molecule is OC1(O)CCCCCCC1(O)O. The summed E-state index contributed by atoms with van der Waals surface area (Å²) in [4.78, 5) is 0. The summed E-state index contributed by atoms with van der Waals surface area (Å²) in [5.41, 5.74) is 0. The quantitative estimate of drug-likeness (QED) is 0.382.